The summed E-state index contributed by atoms with van der Waals surface area (Å²) in [5, 5.41) is 5.77. The summed E-state index contributed by atoms with van der Waals surface area (Å²) in [6.07, 6.45) is 0. The van der Waals surface area contributed by atoms with E-state index in [1.165, 1.54) is 0 Å². The molecule has 0 atom stereocenters. The van der Waals surface area contributed by atoms with Gasteiger partial charge in [0.05, 0.1) is 6.54 Å². The van der Waals surface area contributed by atoms with Crippen LogP contribution in [0.5, 0.6) is 0 Å². The Morgan fingerprint density at radius 1 is 1.40 bits per heavy atom. The van der Waals surface area contributed by atoms with E-state index in [-0.39, 0.29) is 12.5 Å². The van der Waals surface area contributed by atoms with Crippen LogP contribution in [0.3, 0.4) is 0 Å². The second-order valence-corrected chi connectivity index (χ2v) is 4.70. The molecule has 1 aromatic carbocycles. The predicted octanol–water partition coefficient (Wildman–Crippen LogP) is 2.76. The van der Waals surface area contributed by atoms with E-state index in [0.29, 0.717) is 6.54 Å². The molecular weight excluding hydrogens is 324 g/mol. The fraction of sp³-hybridized carbons (Fsp3) is 0.300. The van der Waals surface area contributed by atoms with Gasteiger partial charge in [0.15, 0.2) is 0 Å². The number of halogens is 2. The van der Waals surface area contributed by atoms with E-state index in [9.17, 15) is 4.79 Å². The Balaban J connectivity index is 2.54. The summed E-state index contributed by atoms with van der Waals surface area (Å²) in [4.78, 5) is 11.2. The molecule has 15 heavy (non-hydrogen) atoms. The van der Waals surface area contributed by atoms with Crippen LogP contribution >= 0.6 is 31.9 Å². The Morgan fingerprint density at radius 3 is 2.73 bits per heavy atom. The number of hydrogen-bond acceptors (Lipinski definition) is 2. The monoisotopic (exact) mass is 334 g/mol. The van der Waals surface area contributed by atoms with E-state index in [4.69, 9.17) is 0 Å². The fourth-order valence-electron chi connectivity index (χ4n) is 1.07. The number of carbonyl (C=O) groups is 1. The lowest BCUT2D eigenvalue weighted by Gasteiger charge is -2.08. The maximum atomic E-state index is 11.2. The molecule has 0 saturated carbocycles. The molecule has 3 nitrogen and oxygen atoms in total. The van der Waals surface area contributed by atoms with Crippen LogP contribution in [0.25, 0.3) is 0 Å². The Bertz CT molecular complexity index is 355. The van der Waals surface area contributed by atoms with Crippen LogP contribution in [0.15, 0.2) is 27.1 Å². The van der Waals surface area contributed by atoms with Gasteiger partial charge in [-0.1, -0.05) is 15.9 Å². The Hall–Kier alpha value is -0.550. The first-order chi connectivity index (χ1) is 7.13. The van der Waals surface area contributed by atoms with Crippen LogP contribution in [0.1, 0.15) is 6.92 Å². The molecule has 0 aliphatic carbocycles. The van der Waals surface area contributed by atoms with Gasteiger partial charge in [0.2, 0.25) is 5.91 Å². The van der Waals surface area contributed by atoms with Gasteiger partial charge in [-0.3, -0.25) is 4.79 Å². The van der Waals surface area contributed by atoms with Gasteiger partial charge < -0.3 is 10.6 Å². The van der Waals surface area contributed by atoms with Gasteiger partial charge in [0.1, 0.15) is 0 Å². The minimum atomic E-state index is -0.00711. The second-order valence-electron chi connectivity index (χ2n) is 2.93. The number of rotatable bonds is 4. The average Bonchev–Trinajstić information content (AvgIpc) is 2.17. The molecule has 0 aromatic heterocycles. The summed E-state index contributed by atoms with van der Waals surface area (Å²) in [5.41, 5.74) is 0.907. The zero-order valence-electron chi connectivity index (χ0n) is 8.31. The standard InChI is InChI=1S/C10H12Br2N2O/c1-2-13-10(15)6-14-9-4-3-7(11)5-8(9)12/h3-5,14H,2,6H2,1H3,(H,13,15). The SMILES string of the molecule is CCNC(=O)CNc1ccc(Br)cc1Br. The predicted molar refractivity (Wildman–Crippen MR) is 69.0 cm³/mol. The highest BCUT2D eigenvalue weighted by atomic mass is 79.9. The van der Waals surface area contributed by atoms with E-state index in [2.05, 4.69) is 42.5 Å². The molecule has 82 valence electrons. The average molecular weight is 336 g/mol. The molecule has 5 heteroatoms. The van der Waals surface area contributed by atoms with Crippen molar-refractivity contribution in [3.05, 3.63) is 27.1 Å². The van der Waals surface area contributed by atoms with Crippen molar-refractivity contribution in [1.82, 2.24) is 5.32 Å². The summed E-state index contributed by atoms with van der Waals surface area (Å²) in [6.45, 7) is 2.84. The highest BCUT2D eigenvalue weighted by molar-refractivity contribution is 9.11. The third-order valence-electron chi connectivity index (χ3n) is 1.74. The molecule has 0 fully saturated rings. The second kappa shape index (κ2) is 6.12. The smallest absolute Gasteiger partial charge is 0.239 e. The molecule has 0 unspecified atom stereocenters. The zero-order valence-corrected chi connectivity index (χ0v) is 11.5. The van der Waals surface area contributed by atoms with Crippen molar-refractivity contribution in [1.29, 1.82) is 0 Å². The van der Waals surface area contributed by atoms with Crippen molar-refractivity contribution in [3.63, 3.8) is 0 Å². The number of likely N-dealkylation sites (N-methyl/N-ethyl adjacent to an activating group) is 1. The first-order valence-electron chi connectivity index (χ1n) is 4.59. The molecule has 1 aromatic rings. The lowest BCUT2D eigenvalue weighted by molar-refractivity contribution is -0.119. The quantitative estimate of drug-likeness (QED) is 0.888. The van der Waals surface area contributed by atoms with Crippen molar-refractivity contribution in [3.8, 4) is 0 Å². The van der Waals surface area contributed by atoms with E-state index >= 15 is 0 Å². The van der Waals surface area contributed by atoms with Crippen LogP contribution in [0.4, 0.5) is 5.69 Å². The van der Waals surface area contributed by atoms with E-state index in [0.717, 1.165) is 14.6 Å². The first-order valence-corrected chi connectivity index (χ1v) is 6.17. The van der Waals surface area contributed by atoms with Gasteiger partial charge in [-0.05, 0) is 41.1 Å². The molecule has 0 heterocycles. The molecule has 1 amide bonds. The van der Waals surface area contributed by atoms with E-state index in [1.54, 1.807) is 0 Å². The Morgan fingerprint density at radius 2 is 2.13 bits per heavy atom. The van der Waals surface area contributed by atoms with Crippen molar-refractivity contribution >= 4 is 43.5 Å². The highest BCUT2D eigenvalue weighted by Gasteiger charge is 2.02. The minimum absolute atomic E-state index is 0.00711. The van der Waals surface area contributed by atoms with Crippen LogP contribution in [0.2, 0.25) is 0 Å². The molecule has 0 spiro atoms. The highest BCUT2D eigenvalue weighted by Crippen LogP contribution is 2.25. The lowest BCUT2D eigenvalue weighted by atomic mass is 10.3. The van der Waals surface area contributed by atoms with Crippen molar-refractivity contribution in [2.45, 2.75) is 6.92 Å². The van der Waals surface area contributed by atoms with Crippen LogP contribution < -0.4 is 10.6 Å². The molecule has 0 saturated heterocycles. The molecule has 2 N–H and O–H groups in total. The Labute approximate surface area is 106 Å². The molecule has 0 aliphatic heterocycles. The van der Waals surface area contributed by atoms with Crippen LogP contribution in [-0.2, 0) is 4.79 Å². The molecule has 0 bridgehead atoms. The zero-order chi connectivity index (χ0) is 11.3. The largest absolute Gasteiger partial charge is 0.375 e. The van der Waals surface area contributed by atoms with Crippen LogP contribution in [-0.4, -0.2) is 19.0 Å². The number of benzene rings is 1. The molecular formula is C10H12Br2N2O. The fourth-order valence-corrected chi connectivity index (χ4v) is 2.26. The minimum Gasteiger partial charge on any atom is -0.375 e. The molecule has 0 radical (unpaired) electrons. The lowest BCUT2D eigenvalue weighted by Crippen LogP contribution is -2.29. The van der Waals surface area contributed by atoms with Gasteiger partial charge in [-0.15, -0.1) is 0 Å². The topological polar surface area (TPSA) is 41.1 Å². The summed E-state index contributed by atoms with van der Waals surface area (Å²) < 4.78 is 1.93. The van der Waals surface area contributed by atoms with Crippen molar-refractivity contribution in [2.75, 3.05) is 18.4 Å². The van der Waals surface area contributed by atoms with E-state index < -0.39 is 0 Å². The summed E-state index contributed by atoms with van der Waals surface area (Å²) in [7, 11) is 0. The van der Waals surface area contributed by atoms with Crippen molar-refractivity contribution in [2.24, 2.45) is 0 Å². The number of hydrogen-bond donors (Lipinski definition) is 2. The number of nitrogens with one attached hydrogen (secondary N) is 2. The summed E-state index contributed by atoms with van der Waals surface area (Å²) >= 11 is 6.78. The third kappa shape index (κ3) is 4.22. The van der Waals surface area contributed by atoms with Gasteiger partial charge in [-0.2, -0.15) is 0 Å². The van der Waals surface area contributed by atoms with Crippen LogP contribution in [0, 0.1) is 0 Å². The summed E-state index contributed by atoms with van der Waals surface area (Å²) in [5.74, 6) is -0.00711. The first kappa shape index (κ1) is 12.5. The van der Waals surface area contributed by atoms with Gasteiger partial charge in [0.25, 0.3) is 0 Å². The Kier molecular flexibility index (Phi) is 5.11. The maximum Gasteiger partial charge on any atom is 0.239 e. The number of carbonyl (C=O) groups excluding carboxylic acids is 1. The third-order valence-corrected chi connectivity index (χ3v) is 2.89. The van der Waals surface area contributed by atoms with E-state index in [1.807, 2.05) is 25.1 Å². The molecule has 0 aliphatic rings. The van der Waals surface area contributed by atoms with Gasteiger partial charge >= 0.3 is 0 Å². The number of amides is 1. The normalized spacial score (nSPS) is 9.80. The number of anilines is 1. The van der Waals surface area contributed by atoms with Gasteiger partial charge in [-0.25, -0.2) is 0 Å². The summed E-state index contributed by atoms with van der Waals surface area (Å²) in [6, 6.07) is 5.76. The maximum absolute atomic E-state index is 11.2. The van der Waals surface area contributed by atoms with Gasteiger partial charge in [0, 0.05) is 21.2 Å². The van der Waals surface area contributed by atoms with Crippen molar-refractivity contribution < 1.29 is 4.79 Å². The molecule has 1 rings (SSSR count).